The van der Waals surface area contributed by atoms with Crippen LogP contribution in [-0.2, 0) is 13.2 Å². The Morgan fingerprint density at radius 1 is 0.840 bits per heavy atom. The molecule has 3 nitrogen and oxygen atoms in total. The van der Waals surface area contributed by atoms with E-state index in [2.05, 4.69) is 22.8 Å². The number of hydrogen-bond donors (Lipinski definition) is 0. The number of nitrogens with zero attached hydrogens (tertiary/aromatic N) is 2. The van der Waals surface area contributed by atoms with Crippen LogP contribution in [0.5, 0.6) is 5.75 Å². The van der Waals surface area contributed by atoms with Gasteiger partial charge in [-0.2, -0.15) is 0 Å². The van der Waals surface area contributed by atoms with Gasteiger partial charge in [0.1, 0.15) is 18.2 Å². The minimum atomic E-state index is 0.491. The van der Waals surface area contributed by atoms with Gasteiger partial charge in [-0.15, -0.1) is 11.6 Å². The smallest absolute Gasteiger partial charge is 0.147 e. The molecule has 1 heterocycles. The molecule has 0 amide bonds. The predicted octanol–water partition coefficient (Wildman–Crippen LogP) is 5.80. The number of para-hydroxylation sites is 3. The summed E-state index contributed by atoms with van der Waals surface area (Å²) in [5, 5.41) is 0. The van der Waals surface area contributed by atoms with Crippen molar-refractivity contribution in [3.63, 3.8) is 0 Å². The Morgan fingerprint density at radius 2 is 1.56 bits per heavy atom. The maximum Gasteiger partial charge on any atom is 0.147 e. The summed E-state index contributed by atoms with van der Waals surface area (Å²) in [7, 11) is 0. The number of halogens is 1. The van der Waals surface area contributed by atoms with Gasteiger partial charge >= 0.3 is 0 Å². The summed E-state index contributed by atoms with van der Waals surface area (Å²) in [6, 6.07) is 18.2. The zero-order valence-corrected chi connectivity index (χ0v) is 15.3. The second-order valence-electron chi connectivity index (χ2n) is 6.23. The number of imidazole rings is 1. The van der Waals surface area contributed by atoms with Gasteiger partial charge in [0, 0.05) is 12.4 Å². The van der Waals surface area contributed by atoms with E-state index in [9.17, 15) is 0 Å². The number of unbranched alkanes of at least 4 members (excludes halogenated alkanes) is 4. The number of rotatable bonds is 10. The van der Waals surface area contributed by atoms with Crippen molar-refractivity contribution in [3.05, 3.63) is 60.4 Å². The molecule has 0 aliphatic carbocycles. The lowest BCUT2D eigenvalue weighted by molar-refractivity contribution is 0.289. The van der Waals surface area contributed by atoms with Crippen molar-refractivity contribution >= 4 is 22.6 Å². The van der Waals surface area contributed by atoms with E-state index >= 15 is 0 Å². The fourth-order valence-corrected chi connectivity index (χ4v) is 3.23. The average molecular weight is 357 g/mol. The van der Waals surface area contributed by atoms with Gasteiger partial charge in [0.25, 0.3) is 0 Å². The maximum atomic E-state index is 5.92. The second-order valence-corrected chi connectivity index (χ2v) is 6.60. The quantitative estimate of drug-likeness (QED) is 0.339. The molecule has 25 heavy (non-hydrogen) atoms. The molecule has 1 aromatic heterocycles. The van der Waals surface area contributed by atoms with E-state index < -0.39 is 0 Å². The van der Waals surface area contributed by atoms with Crippen LogP contribution in [0.1, 0.15) is 37.9 Å². The van der Waals surface area contributed by atoms with E-state index in [-0.39, 0.29) is 0 Å². The molecule has 0 aliphatic rings. The highest BCUT2D eigenvalue weighted by Gasteiger charge is 2.10. The summed E-state index contributed by atoms with van der Waals surface area (Å²) in [5.74, 6) is 2.64. The zero-order chi connectivity index (χ0) is 17.3. The molecule has 0 saturated carbocycles. The van der Waals surface area contributed by atoms with Crippen LogP contribution in [0.3, 0.4) is 0 Å². The molecule has 0 radical (unpaired) electrons. The zero-order valence-electron chi connectivity index (χ0n) is 14.5. The number of alkyl halides is 1. The Kier molecular flexibility index (Phi) is 6.75. The summed E-state index contributed by atoms with van der Waals surface area (Å²) in [4.78, 5) is 4.78. The van der Waals surface area contributed by atoms with Crippen LogP contribution in [-0.4, -0.2) is 15.4 Å². The summed E-state index contributed by atoms with van der Waals surface area (Å²) in [6.07, 6.45) is 5.96. The molecule has 0 saturated heterocycles. The summed E-state index contributed by atoms with van der Waals surface area (Å²) < 4.78 is 8.23. The highest BCUT2D eigenvalue weighted by molar-refractivity contribution is 6.17. The molecule has 132 valence electrons. The highest BCUT2D eigenvalue weighted by atomic mass is 35.5. The molecule has 4 heteroatoms. The molecule has 0 aliphatic heterocycles. The number of aromatic nitrogens is 2. The van der Waals surface area contributed by atoms with Crippen molar-refractivity contribution < 1.29 is 4.74 Å². The second kappa shape index (κ2) is 9.47. The minimum Gasteiger partial charge on any atom is -0.486 e. The van der Waals surface area contributed by atoms with Gasteiger partial charge in [0.2, 0.25) is 0 Å². The van der Waals surface area contributed by atoms with Crippen LogP contribution < -0.4 is 4.74 Å². The topological polar surface area (TPSA) is 27.1 Å². The van der Waals surface area contributed by atoms with Gasteiger partial charge in [0.15, 0.2) is 0 Å². The van der Waals surface area contributed by atoms with E-state index in [0.717, 1.165) is 42.4 Å². The minimum absolute atomic E-state index is 0.491. The Balaban J connectivity index is 1.66. The summed E-state index contributed by atoms with van der Waals surface area (Å²) in [5.41, 5.74) is 2.23. The van der Waals surface area contributed by atoms with Crippen molar-refractivity contribution in [2.24, 2.45) is 0 Å². The van der Waals surface area contributed by atoms with E-state index in [1.165, 1.54) is 24.8 Å². The van der Waals surface area contributed by atoms with Gasteiger partial charge in [-0.25, -0.2) is 4.98 Å². The van der Waals surface area contributed by atoms with Gasteiger partial charge in [-0.1, -0.05) is 49.6 Å². The first-order valence-electron chi connectivity index (χ1n) is 9.06. The highest BCUT2D eigenvalue weighted by Crippen LogP contribution is 2.19. The fourth-order valence-electron chi connectivity index (χ4n) is 3.04. The third-order valence-electron chi connectivity index (χ3n) is 4.36. The number of aryl methyl sites for hydroxylation is 1. The van der Waals surface area contributed by atoms with E-state index in [1.807, 2.05) is 36.4 Å². The third kappa shape index (κ3) is 4.99. The predicted molar refractivity (Wildman–Crippen MR) is 104 cm³/mol. The van der Waals surface area contributed by atoms with Crippen molar-refractivity contribution in [2.45, 2.75) is 45.3 Å². The number of ether oxygens (including phenoxy) is 1. The number of fused-ring (bicyclic) bond motifs is 1. The molecule has 3 rings (SSSR count). The molecule has 0 N–H and O–H groups in total. The Morgan fingerprint density at radius 3 is 2.40 bits per heavy atom. The molecule has 0 bridgehead atoms. The molecule has 0 atom stereocenters. The van der Waals surface area contributed by atoms with E-state index in [4.69, 9.17) is 21.3 Å². The largest absolute Gasteiger partial charge is 0.486 e. The lowest BCUT2D eigenvalue weighted by Crippen LogP contribution is -2.07. The molecule has 0 spiro atoms. The Bertz CT molecular complexity index is 770. The lowest BCUT2D eigenvalue weighted by Gasteiger charge is -2.10. The standard InChI is InChI=1S/C21H25ClN2O/c22-15-9-2-1-3-10-16-24-20-14-8-7-13-19(20)23-21(24)17-25-18-11-5-4-6-12-18/h4-8,11-14H,1-3,9-10,15-17H2. The molecule has 2 aromatic carbocycles. The first-order chi connectivity index (χ1) is 12.4. The van der Waals surface area contributed by atoms with Gasteiger partial charge in [-0.3, -0.25) is 0 Å². The van der Waals surface area contributed by atoms with E-state index in [0.29, 0.717) is 6.61 Å². The normalized spacial score (nSPS) is 11.1. The molecule has 3 aromatic rings. The molecular formula is C21H25ClN2O. The van der Waals surface area contributed by atoms with Crippen LogP contribution in [0.4, 0.5) is 0 Å². The molecule has 0 fully saturated rings. The average Bonchev–Trinajstić information content (AvgIpc) is 3.01. The number of hydrogen-bond acceptors (Lipinski definition) is 2. The molecular weight excluding hydrogens is 332 g/mol. The first-order valence-corrected chi connectivity index (χ1v) is 9.60. The summed E-state index contributed by atoms with van der Waals surface area (Å²) in [6.45, 7) is 1.47. The lowest BCUT2D eigenvalue weighted by atomic mass is 10.1. The van der Waals surface area contributed by atoms with E-state index in [1.54, 1.807) is 0 Å². The molecule has 0 unspecified atom stereocenters. The van der Waals surface area contributed by atoms with Crippen molar-refractivity contribution in [2.75, 3.05) is 5.88 Å². The fraction of sp³-hybridized carbons (Fsp3) is 0.381. The van der Waals surface area contributed by atoms with Crippen LogP contribution >= 0.6 is 11.6 Å². The Hall–Kier alpha value is -2.00. The van der Waals surface area contributed by atoms with Gasteiger partial charge in [0.05, 0.1) is 11.0 Å². The van der Waals surface area contributed by atoms with Crippen molar-refractivity contribution in [3.8, 4) is 5.75 Å². The third-order valence-corrected chi connectivity index (χ3v) is 4.63. The van der Waals surface area contributed by atoms with Crippen LogP contribution in [0.2, 0.25) is 0 Å². The maximum absolute atomic E-state index is 5.92. The van der Waals surface area contributed by atoms with Crippen LogP contribution in [0.25, 0.3) is 11.0 Å². The first kappa shape index (κ1) is 17.8. The van der Waals surface area contributed by atoms with Crippen molar-refractivity contribution in [1.29, 1.82) is 0 Å². The summed E-state index contributed by atoms with van der Waals surface area (Å²) >= 11 is 5.74. The Labute approximate surface area is 154 Å². The van der Waals surface area contributed by atoms with Gasteiger partial charge < -0.3 is 9.30 Å². The van der Waals surface area contributed by atoms with Crippen LogP contribution in [0, 0.1) is 0 Å². The SMILES string of the molecule is ClCCCCCCCn1c(COc2ccccc2)nc2ccccc21. The number of benzene rings is 2. The van der Waals surface area contributed by atoms with Crippen molar-refractivity contribution in [1.82, 2.24) is 9.55 Å². The monoisotopic (exact) mass is 356 g/mol. The van der Waals surface area contributed by atoms with Gasteiger partial charge in [-0.05, 0) is 37.1 Å². The van der Waals surface area contributed by atoms with Crippen LogP contribution in [0.15, 0.2) is 54.6 Å².